The van der Waals surface area contributed by atoms with E-state index in [1.165, 1.54) is 6.42 Å². The first-order valence-corrected chi connectivity index (χ1v) is 9.96. The lowest BCUT2D eigenvalue weighted by Crippen LogP contribution is -2.45. The zero-order valence-corrected chi connectivity index (χ0v) is 16.7. The first-order valence-electron chi connectivity index (χ1n) is 9.96. The molecule has 0 spiro atoms. The van der Waals surface area contributed by atoms with Gasteiger partial charge < -0.3 is 14.7 Å². The Kier molecular flexibility index (Phi) is 4.25. The third kappa shape index (κ3) is 3.34. The average Bonchev–Trinajstić information content (AvgIpc) is 2.84. The second-order valence-electron chi connectivity index (χ2n) is 9.82. The monoisotopic (exact) mass is 356 g/mol. The highest BCUT2D eigenvalue weighted by Gasteiger charge is 2.51. The SMILES string of the molecule is CN1CCN(c2cccc(C(=O)N3CC4(C)CC3CC(C)(C)C4)n2)CC1. The molecule has 3 aliphatic rings. The number of nitrogens with zero attached hydrogens (tertiary/aromatic N) is 4. The quantitative estimate of drug-likeness (QED) is 0.817. The molecule has 26 heavy (non-hydrogen) atoms. The summed E-state index contributed by atoms with van der Waals surface area (Å²) in [6, 6.07) is 6.28. The summed E-state index contributed by atoms with van der Waals surface area (Å²) in [5.41, 5.74) is 1.19. The molecule has 2 atom stereocenters. The lowest BCUT2D eigenvalue weighted by molar-refractivity contribution is 0.0702. The minimum Gasteiger partial charge on any atom is -0.354 e. The normalized spacial score (nSPS) is 31.3. The van der Waals surface area contributed by atoms with Crippen LogP contribution in [0.25, 0.3) is 0 Å². The molecule has 1 saturated carbocycles. The highest BCUT2D eigenvalue weighted by molar-refractivity contribution is 5.93. The summed E-state index contributed by atoms with van der Waals surface area (Å²) in [5, 5.41) is 0. The molecule has 0 N–H and O–H groups in total. The van der Waals surface area contributed by atoms with Crippen molar-refractivity contribution in [1.29, 1.82) is 0 Å². The van der Waals surface area contributed by atoms with Gasteiger partial charge in [0.05, 0.1) is 0 Å². The van der Waals surface area contributed by atoms with Crippen LogP contribution >= 0.6 is 0 Å². The zero-order chi connectivity index (χ0) is 18.5. The summed E-state index contributed by atoms with van der Waals surface area (Å²) in [6.07, 6.45) is 3.45. The number of hydrogen-bond donors (Lipinski definition) is 0. The number of likely N-dealkylation sites (N-methyl/N-ethyl adjacent to an activating group) is 1. The Morgan fingerprint density at radius 1 is 1.12 bits per heavy atom. The second-order valence-corrected chi connectivity index (χ2v) is 9.82. The molecule has 1 aromatic rings. The van der Waals surface area contributed by atoms with Crippen LogP contribution in [0.2, 0.25) is 0 Å². The lowest BCUT2D eigenvalue weighted by Gasteiger charge is -2.39. The summed E-state index contributed by atoms with van der Waals surface area (Å²) in [5.74, 6) is 1.06. The Balaban J connectivity index is 1.53. The van der Waals surface area contributed by atoms with Gasteiger partial charge in [0.15, 0.2) is 0 Å². The maximum absolute atomic E-state index is 13.3. The van der Waals surface area contributed by atoms with Crippen LogP contribution in [0.3, 0.4) is 0 Å². The van der Waals surface area contributed by atoms with Crippen LogP contribution in [0.5, 0.6) is 0 Å². The van der Waals surface area contributed by atoms with E-state index in [2.05, 4.69) is 42.5 Å². The van der Waals surface area contributed by atoms with Gasteiger partial charge in [-0.15, -0.1) is 0 Å². The van der Waals surface area contributed by atoms with Crippen molar-refractivity contribution in [2.24, 2.45) is 10.8 Å². The predicted molar refractivity (Wildman–Crippen MR) is 105 cm³/mol. The fourth-order valence-electron chi connectivity index (χ4n) is 5.60. The number of rotatable bonds is 2. The van der Waals surface area contributed by atoms with Gasteiger partial charge in [-0.3, -0.25) is 4.79 Å². The number of carbonyl (C=O) groups excluding carboxylic acids is 1. The Bertz CT molecular complexity index is 695. The van der Waals surface area contributed by atoms with Crippen molar-refractivity contribution in [2.75, 3.05) is 44.7 Å². The van der Waals surface area contributed by atoms with Crippen molar-refractivity contribution < 1.29 is 4.79 Å². The van der Waals surface area contributed by atoms with Crippen LogP contribution in [0.4, 0.5) is 5.82 Å². The molecule has 4 rings (SSSR count). The van der Waals surface area contributed by atoms with Gasteiger partial charge in [0.2, 0.25) is 0 Å². The third-order valence-corrected chi connectivity index (χ3v) is 6.46. The molecule has 1 amide bonds. The number of pyridine rings is 1. The van der Waals surface area contributed by atoms with Crippen LogP contribution in [0, 0.1) is 10.8 Å². The summed E-state index contributed by atoms with van der Waals surface area (Å²) >= 11 is 0. The summed E-state index contributed by atoms with van der Waals surface area (Å²) < 4.78 is 0. The van der Waals surface area contributed by atoms with E-state index in [0.29, 0.717) is 17.2 Å². The molecule has 3 fully saturated rings. The van der Waals surface area contributed by atoms with Crippen LogP contribution in [-0.2, 0) is 0 Å². The van der Waals surface area contributed by atoms with Crippen LogP contribution in [-0.4, -0.2) is 66.5 Å². The number of carbonyl (C=O) groups is 1. The molecule has 2 saturated heterocycles. The van der Waals surface area contributed by atoms with Gasteiger partial charge in [-0.25, -0.2) is 4.98 Å². The van der Waals surface area contributed by atoms with Crippen molar-refractivity contribution in [1.82, 2.24) is 14.8 Å². The van der Waals surface area contributed by atoms with Crippen LogP contribution < -0.4 is 4.90 Å². The summed E-state index contributed by atoms with van der Waals surface area (Å²) in [7, 11) is 2.15. The second kappa shape index (κ2) is 6.22. The molecule has 2 unspecified atom stereocenters. The van der Waals surface area contributed by atoms with Gasteiger partial charge >= 0.3 is 0 Å². The largest absolute Gasteiger partial charge is 0.354 e. The van der Waals surface area contributed by atoms with Crippen molar-refractivity contribution in [2.45, 2.75) is 46.1 Å². The highest BCUT2D eigenvalue weighted by atomic mass is 16.2. The van der Waals surface area contributed by atoms with E-state index >= 15 is 0 Å². The van der Waals surface area contributed by atoms with Crippen molar-refractivity contribution >= 4 is 11.7 Å². The molecule has 1 aliphatic carbocycles. The van der Waals surface area contributed by atoms with E-state index in [9.17, 15) is 4.79 Å². The van der Waals surface area contributed by atoms with Gasteiger partial charge in [-0.05, 0) is 49.3 Å². The molecule has 2 aliphatic heterocycles. The number of anilines is 1. The highest BCUT2D eigenvalue weighted by Crippen LogP contribution is 2.52. The first kappa shape index (κ1) is 17.8. The summed E-state index contributed by atoms with van der Waals surface area (Å²) in [4.78, 5) is 24.8. The Labute approximate surface area is 157 Å². The van der Waals surface area contributed by atoms with Gasteiger partial charge in [-0.2, -0.15) is 0 Å². The maximum atomic E-state index is 13.3. The third-order valence-electron chi connectivity index (χ3n) is 6.46. The van der Waals surface area contributed by atoms with Gasteiger partial charge in [0.25, 0.3) is 5.91 Å². The molecular formula is C21H32N4O. The van der Waals surface area contributed by atoms with E-state index in [-0.39, 0.29) is 11.3 Å². The summed E-state index contributed by atoms with van der Waals surface area (Å²) in [6.45, 7) is 11.9. The van der Waals surface area contributed by atoms with Crippen LogP contribution in [0.15, 0.2) is 18.2 Å². The average molecular weight is 357 g/mol. The molecule has 3 heterocycles. The molecule has 1 aromatic heterocycles. The maximum Gasteiger partial charge on any atom is 0.272 e. The fraction of sp³-hybridized carbons (Fsp3) is 0.714. The van der Waals surface area contributed by atoms with E-state index in [1.807, 2.05) is 18.2 Å². The molecule has 2 bridgehead atoms. The Morgan fingerprint density at radius 2 is 1.85 bits per heavy atom. The number of piperazine rings is 1. The standard InChI is InChI=1S/C21H32N4O/c1-20(2)12-16-13-21(3,14-20)15-25(16)19(26)17-6-5-7-18(22-17)24-10-8-23(4)9-11-24/h5-7,16H,8-15H2,1-4H3. The molecule has 5 heteroatoms. The molecule has 0 aromatic carbocycles. The van der Waals surface area contributed by atoms with Gasteiger partial charge in [0, 0.05) is 38.8 Å². The van der Waals surface area contributed by atoms with E-state index in [0.717, 1.165) is 51.4 Å². The van der Waals surface area contributed by atoms with Crippen LogP contribution in [0.1, 0.15) is 50.5 Å². The molecule has 5 nitrogen and oxygen atoms in total. The van der Waals surface area contributed by atoms with E-state index in [1.54, 1.807) is 0 Å². The molecule has 0 radical (unpaired) electrons. The fourth-order valence-corrected chi connectivity index (χ4v) is 5.60. The smallest absolute Gasteiger partial charge is 0.272 e. The minimum absolute atomic E-state index is 0.118. The van der Waals surface area contributed by atoms with Crippen molar-refractivity contribution in [3.63, 3.8) is 0 Å². The zero-order valence-electron chi connectivity index (χ0n) is 16.7. The molecule has 142 valence electrons. The molecular weight excluding hydrogens is 324 g/mol. The van der Waals surface area contributed by atoms with E-state index in [4.69, 9.17) is 4.98 Å². The van der Waals surface area contributed by atoms with Crippen molar-refractivity contribution in [3.05, 3.63) is 23.9 Å². The minimum atomic E-state index is 0.118. The van der Waals surface area contributed by atoms with Gasteiger partial charge in [-0.1, -0.05) is 26.8 Å². The Hall–Kier alpha value is -1.62. The number of amides is 1. The predicted octanol–water partition coefficient (Wildman–Crippen LogP) is 2.87. The first-order chi connectivity index (χ1) is 12.2. The van der Waals surface area contributed by atoms with E-state index < -0.39 is 0 Å². The number of fused-ring (bicyclic) bond motifs is 2. The Morgan fingerprint density at radius 3 is 2.58 bits per heavy atom. The van der Waals surface area contributed by atoms with Gasteiger partial charge in [0.1, 0.15) is 11.5 Å². The number of aromatic nitrogens is 1. The number of hydrogen-bond acceptors (Lipinski definition) is 4. The topological polar surface area (TPSA) is 39.7 Å². The van der Waals surface area contributed by atoms with Crippen molar-refractivity contribution in [3.8, 4) is 0 Å². The lowest BCUT2D eigenvalue weighted by atomic mass is 9.65. The number of likely N-dealkylation sites (tertiary alicyclic amines) is 1.